The molecule has 1 saturated heterocycles. The number of thiol groups is 2. The van der Waals surface area contributed by atoms with E-state index in [9.17, 15) is 63.0 Å². The van der Waals surface area contributed by atoms with E-state index in [1.807, 2.05) is 0 Å². The summed E-state index contributed by atoms with van der Waals surface area (Å²) in [7, 11) is 0. The summed E-state index contributed by atoms with van der Waals surface area (Å²) in [6, 6.07) is -12.3. The van der Waals surface area contributed by atoms with E-state index < -0.39 is 138 Å². The Hall–Kier alpha value is -5.21. The molecule has 0 aromatic rings. The van der Waals surface area contributed by atoms with Crippen molar-refractivity contribution in [3.8, 4) is 0 Å². The van der Waals surface area contributed by atoms with Crippen molar-refractivity contribution >= 4 is 90.3 Å². The number of carbonyl (C=O) groups excluding carboxylic acids is 10. The molecule has 24 nitrogen and oxygen atoms in total. The maximum absolute atomic E-state index is 13.9. The fraction of sp³-hybridized carbons (Fsp3) is 0.725. The molecule has 26 heteroatoms. The number of nitrogens with one attached hydrogen (secondary N) is 7. The molecule has 0 unspecified atom stereocenters. The second kappa shape index (κ2) is 28.7. The molecule has 10 amide bonds. The Bertz CT molecular complexity index is 1760. The zero-order chi connectivity index (χ0) is 50.6. The van der Waals surface area contributed by atoms with Gasteiger partial charge in [0.15, 0.2) is 0 Å². The van der Waals surface area contributed by atoms with Crippen molar-refractivity contribution in [2.75, 3.05) is 24.7 Å². The van der Waals surface area contributed by atoms with Gasteiger partial charge in [0.1, 0.15) is 48.3 Å². The van der Waals surface area contributed by atoms with E-state index >= 15 is 0 Å². The first-order chi connectivity index (χ1) is 30.8. The van der Waals surface area contributed by atoms with Gasteiger partial charge in [-0.05, 0) is 49.9 Å². The monoisotopic (exact) mass is 975 g/mol. The molecule has 0 aromatic carbocycles. The number of carboxylic acid groups (broad SMARTS) is 1. The van der Waals surface area contributed by atoms with E-state index in [-0.39, 0.29) is 62.0 Å². The summed E-state index contributed by atoms with van der Waals surface area (Å²) >= 11 is 7.95. The van der Waals surface area contributed by atoms with Crippen molar-refractivity contribution in [1.29, 1.82) is 0 Å². The molecule has 0 saturated carbocycles. The molecule has 66 heavy (non-hydrogen) atoms. The van der Waals surface area contributed by atoms with Gasteiger partial charge in [-0.2, -0.15) is 25.3 Å². The van der Waals surface area contributed by atoms with Crippen molar-refractivity contribution in [3.63, 3.8) is 0 Å². The number of rotatable bonds is 29. The maximum Gasteiger partial charge on any atom is 0.327 e. The summed E-state index contributed by atoms with van der Waals surface area (Å²) in [6.07, 6.45) is -0.929. The highest BCUT2D eigenvalue weighted by atomic mass is 32.1. The lowest BCUT2D eigenvalue weighted by Crippen LogP contribution is -2.61. The number of amides is 10. The van der Waals surface area contributed by atoms with Crippen LogP contribution in [-0.2, 0) is 52.7 Å². The zero-order valence-corrected chi connectivity index (χ0v) is 40.0. The molecule has 1 fully saturated rings. The van der Waals surface area contributed by atoms with Crippen LogP contribution in [0.15, 0.2) is 0 Å². The van der Waals surface area contributed by atoms with Crippen LogP contribution >= 0.6 is 25.3 Å². The van der Waals surface area contributed by atoms with Crippen molar-refractivity contribution in [2.24, 2.45) is 35.0 Å². The van der Waals surface area contributed by atoms with E-state index in [0.29, 0.717) is 6.42 Å². The Kier molecular flexibility index (Phi) is 25.6. The van der Waals surface area contributed by atoms with E-state index in [0.717, 1.165) is 0 Å². The normalized spacial score (nSPS) is 17.2. The van der Waals surface area contributed by atoms with Gasteiger partial charge in [0.25, 0.3) is 0 Å². The predicted octanol–water partition coefficient (Wildman–Crippen LogP) is -4.48. The number of nitrogens with two attached hydrogens (primary N) is 3. The standard InChI is InChI=1S/C40H69N11O13S2/c1-18(2)12-23(45-33(56)22(9-10-29(42)53)44-38(61)31(20(5)6)50-32(55)21(41)16-65)34(57)46-24(14-30(43)54)35(58)48-26(15-52)36(59)47-25(13-19(3)4)39(62)51-11-7-8-28(51)37(60)49-27(17-66)40(63)64/h18-28,31,52,65-66H,7-17,41H2,1-6H3,(H2,42,53)(H2,43,54)(H,44,61)(H,45,56)(H,46,57)(H,47,59)(H,48,58)(H,49,60)(H,50,55)(H,63,64)/t21-,22-,23-,24-,25-,26-,27-,28-,31-/m0/s1. The third-order valence-corrected chi connectivity index (χ3v) is 11.0. The average Bonchev–Trinajstić information content (AvgIpc) is 3.73. The summed E-state index contributed by atoms with van der Waals surface area (Å²) < 4.78 is 0. The molecule has 0 aliphatic carbocycles. The minimum Gasteiger partial charge on any atom is -0.480 e. The lowest BCUT2D eigenvalue weighted by Gasteiger charge is -2.31. The van der Waals surface area contributed by atoms with Crippen molar-refractivity contribution < 1.29 is 63.0 Å². The number of carbonyl (C=O) groups is 11. The number of carboxylic acids is 1. The topological polar surface area (TPSA) is 394 Å². The highest BCUT2D eigenvalue weighted by Gasteiger charge is 2.40. The van der Waals surface area contributed by atoms with Crippen LogP contribution in [0.1, 0.15) is 86.5 Å². The van der Waals surface area contributed by atoms with Gasteiger partial charge >= 0.3 is 5.97 Å². The quantitative estimate of drug-likeness (QED) is 0.0315. The number of hydrogen-bond acceptors (Lipinski definition) is 15. The highest BCUT2D eigenvalue weighted by molar-refractivity contribution is 7.80. The maximum atomic E-state index is 13.9. The van der Waals surface area contributed by atoms with Crippen LogP contribution in [0.25, 0.3) is 0 Å². The molecule has 0 radical (unpaired) electrons. The molecule has 0 aromatic heterocycles. The smallest absolute Gasteiger partial charge is 0.327 e. The van der Waals surface area contributed by atoms with Gasteiger partial charge in [-0.25, -0.2) is 4.79 Å². The van der Waals surface area contributed by atoms with Crippen LogP contribution in [0.5, 0.6) is 0 Å². The first kappa shape index (κ1) is 58.8. The summed E-state index contributed by atoms with van der Waals surface area (Å²) in [5.41, 5.74) is 16.5. The minimum absolute atomic E-state index is 0.0248. The van der Waals surface area contributed by atoms with Crippen LogP contribution in [0.3, 0.4) is 0 Å². The van der Waals surface area contributed by atoms with Crippen molar-refractivity contribution in [2.45, 2.75) is 141 Å². The molecular weight excluding hydrogens is 907 g/mol. The Labute approximate surface area is 394 Å². The van der Waals surface area contributed by atoms with E-state index in [2.05, 4.69) is 62.5 Å². The molecule has 9 atom stereocenters. The first-order valence-electron chi connectivity index (χ1n) is 21.6. The lowest BCUT2D eigenvalue weighted by atomic mass is 10.00. The third-order valence-electron chi connectivity index (χ3n) is 10.2. The van der Waals surface area contributed by atoms with Gasteiger partial charge in [0, 0.05) is 24.5 Å². The van der Waals surface area contributed by atoms with E-state index in [1.54, 1.807) is 41.5 Å². The minimum atomic E-state index is -1.78. The lowest BCUT2D eigenvalue weighted by molar-refractivity contribution is -0.144. The van der Waals surface area contributed by atoms with Crippen LogP contribution in [0.2, 0.25) is 0 Å². The highest BCUT2D eigenvalue weighted by Crippen LogP contribution is 2.21. The molecule has 15 N–H and O–H groups in total. The fourth-order valence-electron chi connectivity index (χ4n) is 6.74. The molecule has 1 aliphatic rings. The van der Waals surface area contributed by atoms with Crippen LogP contribution < -0.4 is 54.4 Å². The average molecular weight is 976 g/mol. The number of aliphatic hydroxyl groups excluding tert-OH is 1. The molecular formula is C40H69N11O13S2. The fourth-order valence-corrected chi connectivity index (χ4v) is 7.15. The Morgan fingerprint density at radius 1 is 0.621 bits per heavy atom. The summed E-state index contributed by atoms with van der Waals surface area (Å²) in [5, 5.41) is 36.5. The van der Waals surface area contributed by atoms with E-state index in [4.69, 9.17) is 17.2 Å². The van der Waals surface area contributed by atoms with Crippen LogP contribution in [-0.4, -0.2) is 159 Å². The summed E-state index contributed by atoms with van der Waals surface area (Å²) in [4.78, 5) is 144. The van der Waals surface area contributed by atoms with Gasteiger partial charge < -0.3 is 69.5 Å². The number of nitrogens with zero attached hydrogens (tertiary/aromatic N) is 1. The molecule has 1 rings (SSSR count). The van der Waals surface area contributed by atoms with Gasteiger partial charge in [0.2, 0.25) is 59.1 Å². The molecule has 0 bridgehead atoms. The predicted molar refractivity (Wildman–Crippen MR) is 245 cm³/mol. The van der Waals surface area contributed by atoms with E-state index in [1.165, 1.54) is 4.90 Å². The van der Waals surface area contributed by atoms with Gasteiger partial charge in [0.05, 0.1) is 19.1 Å². The Morgan fingerprint density at radius 3 is 1.62 bits per heavy atom. The third kappa shape index (κ3) is 19.7. The Balaban J connectivity index is 3.34. The summed E-state index contributed by atoms with van der Waals surface area (Å²) in [5.74, 6) is -11.5. The molecule has 0 spiro atoms. The number of likely N-dealkylation sites (tertiary alicyclic amines) is 1. The number of aliphatic carboxylic acids is 1. The molecule has 1 aliphatic heterocycles. The van der Waals surface area contributed by atoms with Gasteiger partial charge in [-0.1, -0.05) is 41.5 Å². The number of hydrogen-bond donors (Lipinski definition) is 14. The number of aliphatic hydroxyl groups is 1. The van der Waals surface area contributed by atoms with Crippen molar-refractivity contribution in [1.82, 2.24) is 42.1 Å². The van der Waals surface area contributed by atoms with Crippen molar-refractivity contribution in [3.05, 3.63) is 0 Å². The number of primary amides is 2. The molecule has 1 heterocycles. The van der Waals surface area contributed by atoms with Crippen LogP contribution in [0, 0.1) is 17.8 Å². The largest absolute Gasteiger partial charge is 0.480 e. The van der Waals surface area contributed by atoms with Crippen LogP contribution in [0.4, 0.5) is 0 Å². The summed E-state index contributed by atoms with van der Waals surface area (Å²) in [6.45, 7) is 9.25. The zero-order valence-electron chi connectivity index (χ0n) is 38.2. The van der Waals surface area contributed by atoms with Gasteiger partial charge in [-0.3, -0.25) is 47.9 Å². The second-order valence-corrected chi connectivity index (χ2v) is 17.9. The Morgan fingerprint density at radius 2 is 1.12 bits per heavy atom. The molecule has 374 valence electrons. The first-order valence-corrected chi connectivity index (χ1v) is 22.8. The second-order valence-electron chi connectivity index (χ2n) is 17.2. The van der Waals surface area contributed by atoms with Gasteiger partial charge in [-0.15, -0.1) is 0 Å². The SMILES string of the molecule is CC(C)C[C@H](NC(=O)[C@H](CCC(N)=O)NC(=O)[C@@H](NC(=O)[C@@H](N)CS)C(C)C)C(=O)N[C@@H](CC(N)=O)C(=O)N[C@@H](CO)C(=O)N[C@@H](CC(C)C)C(=O)N1CCC[C@H]1C(=O)N[C@@H](CS)C(=O)O.